The number of benzene rings is 2. The summed E-state index contributed by atoms with van der Waals surface area (Å²) in [5, 5.41) is 0.854. The van der Waals surface area contributed by atoms with Gasteiger partial charge in [-0.2, -0.15) is 0 Å². The Hall–Kier alpha value is -2.44. The number of fused-ring (bicyclic) bond motifs is 1. The Kier molecular flexibility index (Phi) is 6.04. The number of piperidine rings is 1. The number of amides is 1. The molecule has 1 saturated heterocycles. The third-order valence-corrected chi connectivity index (χ3v) is 6.36. The average molecular weight is 464 g/mol. The van der Waals surface area contributed by atoms with Gasteiger partial charge in [0.05, 0.1) is 24.1 Å². The number of ether oxygens (including phenoxy) is 3. The summed E-state index contributed by atoms with van der Waals surface area (Å²) in [7, 11) is 1.58. The Labute approximate surface area is 191 Å². The molecule has 0 N–H and O–H groups in total. The van der Waals surface area contributed by atoms with E-state index in [0.717, 1.165) is 0 Å². The topological polar surface area (TPSA) is 65.1 Å². The molecule has 1 amide bonds. The van der Waals surface area contributed by atoms with Crippen LogP contribution >= 0.6 is 23.2 Å². The summed E-state index contributed by atoms with van der Waals surface area (Å²) < 4.78 is 17.3. The first kappa shape index (κ1) is 21.8. The normalized spacial score (nSPS) is 18.2. The number of methoxy groups -OCH3 is 1. The van der Waals surface area contributed by atoms with Gasteiger partial charge in [0.15, 0.2) is 11.9 Å². The zero-order valence-corrected chi connectivity index (χ0v) is 18.8. The fourth-order valence-corrected chi connectivity index (χ4v) is 4.54. The van der Waals surface area contributed by atoms with E-state index in [1.807, 2.05) is 0 Å². The molecule has 1 spiro atoms. The molecular weight excluding hydrogens is 441 g/mol. The molecule has 2 heterocycles. The van der Waals surface area contributed by atoms with E-state index in [1.54, 1.807) is 55.3 Å². The standard InChI is InChI=1S/C23H23Cl2NO5/c1-14(30-20-6-3-15(24)11-18(20)25)22(28)26-9-7-23(8-10-26)13-19(27)17-5-4-16(29-2)12-21(17)31-23/h3-6,11-12,14H,7-10,13H2,1-2H3. The molecule has 2 aliphatic heterocycles. The summed E-state index contributed by atoms with van der Waals surface area (Å²) in [6, 6.07) is 10.1. The monoisotopic (exact) mass is 463 g/mol. The van der Waals surface area contributed by atoms with Gasteiger partial charge in [-0.05, 0) is 37.3 Å². The van der Waals surface area contributed by atoms with Crippen LogP contribution in [0.5, 0.6) is 17.2 Å². The van der Waals surface area contributed by atoms with E-state index in [-0.39, 0.29) is 11.7 Å². The predicted molar refractivity (Wildman–Crippen MR) is 118 cm³/mol. The Balaban J connectivity index is 1.41. The van der Waals surface area contributed by atoms with E-state index < -0.39 is 11.7 Å². The van der Waals surface area contributed by atoms with Crippen LogP contribution in [0.2, 0.25) is 10.0 Å². The van der Waals surface area contributed by atoms with Crippen molar-refractivity contribution in [2.24, 2.45) is 0 Å². The number of carbonyl (C=O) groups excluding carboxylic acids is 2. The summed E-state index contributed by atoms with van der Waals surface area (Å²) in [5.74, 6) is 1.52. The molecule has 4 rings (SSSR count). The molecule has 2 aromatic carbocycles. The van der Waals surface area contributed by atoms with Crippen molar-refractivity contribution in [3.8, 4) is 17.2 Å². The Morgan fingerprint density at radius 1 is 1.16 bits per heavy atom. The number of ketones is 1. The van der Waals surface area contributed by atoms with Gasteiger partial charge in [0, 0.05) is 37.0 Å². The first-order chi connectivity index (χ1) is 14.8. The zero-order valence-electron chi connectivity index (χ0n) is 17.3. The lowest BCUT2D eigenvalue weighted by molar-refractivity contribution is -0.141. The number of hydrogen-bond acceptors (Lipinski definition) is 5. The summed E-state index contributed by atoms with van der Waals surface area (Å²) in [6.07, 6.45) is 0.734. The van der Waals surface area contributed by atoms with Crippen LogP contribution in [0.15, 0.2) is 36.4 Å². The summed E-state index contributed by atoms with van der Waals surface area (Å²) in [6.45, 7) is 2.65. The molecule has 164 valence electrons. The number of hydrogen-bond donors (Lipinski definition) is 0. The fraction of sp³-hybridized carbons (Fsp3) is 0.391. The van der Waals surface area contributed by atoms with Crippen LogP contribution in [0.4, 0.5) is 0 Å². The highest BCUT2D eigenvalue weighted by molar-refractivity contribution is 6.35. The van der Waals surface area contributed by atoms with Crippen LogP contribution in [0.3, 0.4) is 0 Å². The van der Waals surface area contributed by atoms with E-state index in [9.17, 15) is 9.59 Å². The molecule has 8 heteroatoms. The van der Waals surface area contributed by atoms with Gasteiger partial charge in [0.2, 0.25) is 0 Å². The smallest absolute Gasteiger partial charge is 0.263 e. The van der Waals surface area contributed by atoms with Crippen molar-refractivity contribution in [1.29, 1.82) is 0 Å². The second-order valence-corrected chi connectivity index (χ2v) is 8.75. The SMILES string of the molecule is COc1ccc2c(c1)OC1(CCN(C(=O)C(C)Oc3ccc(Cl)cc3Cl)CC1)CC2=O. The molecule has 1 fully saturated rings. The Morgan fingerprint density at radius 3 is 2.58 bits per heavy atom. The third-order valence-electron chi connectivity index (χ3n) is 5.83. The number of rotatable bonds is 4. The van der Waals surface area contributed by atoms with Crippen molar-refractivity contribution in [2.75, 3.05) is 20.2 Å². The Bertz CT molecular complexity index is 1020. The summed E-state index contributed by atoms with van der Waals surface area (Å²) >= 11 is 12.1. The van der Waals surface area contributed by atoms with E-state index in [2.05, 4.69) is 0 Å². The van der Waals surface area contributed by atoms with E-state index >= 15 is 0 Å². The second-order valence-electron chi connectivity index (χ2n) is 7.91. The molecule has 2 aromatic rings. The average Bonchev–Trinajstić information content (AvgIpc) is 2.75. The molecule has 2 aliphatic rings. The molecule has 0 aromatic heterocycles. The molecule has 6 nitrogen and oxygen atoms in total. The minimum Gasteiger partial charge on any atom is -0.497 e. The zero-order chi connectivity index (χ0) is 22.2. The van der Waals surface area contributed by atoms with Gasteiger partial charge < -0.3 is 19.1 Å². The quantitative estimate of drug-likeness (QED) is 0.651. The maximum absolute atomic E-state index is 12.9. The number of likely N-dealkylation sites (tertiary alicyclic amines) is 1. The molecule has 0 aliphatic carbocycles. The van der Waals surface area contributed by atoms with Gasteiger partial charge in [-0.25, -0.2) is 0 Å². The van der Waals surface area contributed by atoms with Crippen molar-refractivity contribution < 1.29 is 23.8 Å². The van der Waals surface area contributed by atoms with E-state index in [4.69, 9.17) is 37.4 Å². The minimum absolute atomic E-state index is 0.0535. The van der Waals surface area contributed by atoms with Crippen molar-refractivity contribution in [3.05, 3.63) is 52.0 Å². The maximum Gasteiger partial charge on any atom is 0.263 e. The van der Waals surface area contributed by atoms with E-state index in [0.29, 0.717) is 65.2 Å². The van der Waals surface area contributed by atoms with Gasteiger partial charge in [0.25, 0.3) is 5.91 Å². The Morgan fingerprint density at radius 2 is 1.90 bits per heavy atom. The maximum atomic E-state index is 12.9. The highest BCUT2D eigenvalue weighted by atomic mass is 35.5. The molecular formula is C23H23Cl2NO5. The molecule has 0 saturated carbocycles. The van der Waals surface area contributed by atoms with Gasteiger partial charge in [-0.15, -0.1) is 0 Å². The summed E-state index contributed by atoms with van der Waals surface area (Å²) in [5.41, 5.74) is -0.0246. The lowest BCUT2D eigenvalue weighted by Gasteiger charge is -2.44. The van der Waals surface area contributed by atoms with Crippen LogP contribution in [0.1, 0.15) is 36.5 Å². The van der Waals surface area contributed by atoms with Crippen LogP contribution < -0.4 is 14.2 Å². The largest absolute Gasteiger partial charge is 0.497 e. The van der Waals surface area contributed by atoms with Crippen LogP contribution in [-0.4, -0.2) is 48.5 Å². The first-order valence-corrected chi connectivity index (χ1v) is 10.9. The highest BCUT2D eigenvalue weighted by Gasteiger charge is 2.44. The fourth-order valence-electron chi connectivity index (χ4n) is 4.08. The number of halogens is 2. The van der Waals surface area contributed by atoms with Crippen molar-refractivity contribution in [2.45, 2.75) is 37.9 Å². The molecule has 1 unspecified atom stereocenters. The van der Waals surface area contributed by atoms with Crippen LogP contribution in [0.25, 0.3) is 0 Å². The molecule has 1 atom stereocenters. The molecule has 0 bridgehead atoms. The number of Topliss-reactive ketones (excluding diaryl/α,β-unsaturated/α-hetero) is 1. The number of carbonyl (C=O) groups is 2. The van der Waals surface area contributed by atoms with Gasteiger partial charge in [-0.1, -0.05) is 23.2 Å². The van der Waals surface area contributed by atoms with Crippen molar-refractivity contribution in [1.82, 2.24) is 4.90 Å². The molecule has 0 radical (unpaired) electrons. The first-order valence-electron chi connectivity index (χ1n) is 10.1. The van der Waals surface area contributed by atoms with E-state index in [1.165, 1.54) is 0 Å². The molecule has 31 heavy (non-hydrogen) atoms. The van der Waals surface area contributed by atoms with Crippen molar-refractivity contribution in [3.63, 3.8) is 0 Å². The second kappa shape index (κ2) is 8.60. The lowest BCUT2D eigenvalue weighted by atomic mass is 9.82. The predicted octanol–water partition coefficient (Wildman–Crippen LogP) is 4.80. The van der Waals surface area contributed by atoms with Crippen molar-refractivity contribution >= 4 is 34.9 Å². The minimum atomic E-state index is -0.702. The van der Waals surface area contributed by atoms with Gasteiger partial charge >= 0.3 is 0 Å². The third kappa shape index (κ3) is 4.46. The van der Waals surface area contributed by atoms with Gasteiger partial charge in [0.1, 0.15) is 22.8 Å². The number of nitrogens with zero attached hydrogens (tertiary/aromatic N) is 1. The van der Waals surface area contributed by atoms with Crippen LogP contribution in [-0.2, 0) is 4.79 Å². The van der Waals surface area contributed by atoms with Gasteiger partial charge in [-0.3, -0.25) is 9.59 Å². The van der Waals surface area contributed by atoms with Crippen LogP contribution in [0, 0.1) is 0 Å². The lowest BCUT2D eigenvalue weighted by Crippen LogP contribution is -2.54. The highest BCUT2D eigenvalue weighted by Crippen LogP contribution is 2.41. The summed E-state index contributed by atoms with van der Waals surface area (Å²) in [4.78, 5) is 27.3.